The van der Waals surface area contributed by atoms with Gasteiger partial charge in [0, 0.05) is 23.8 Å². The summed E-state index contributed by atoms with van der Waals surface area (Å²) in [5, 5.41) is 0.821. The number of nitrogens with zero attached hydrogens (tertiary/aromatic N) is 1. The molecule has 1 aliphatic heterocycles. The fourth-order valence-corrected chi connectivity index (χ4v) is 3.17. The van der Waals surface area contributed by atoms with Crippen LogP contribution >= 0.6 is 11.6 Å². The Balaban J connectivity index is 2.12. The van der Waals surface area contributed by atoms with Gasteiger partial charge in [-0.3, -0.25) is 0 Å². The largest absolute Gasteiger partial charge is 0.371 e. The van der Waals surface area contributed by atoms with Crippen molar-refractivity contribution in [3.63, 3.8) is 0 Å². The van der Waals surface area contributed by atoms with E-state index in [-0.39, 0.29) is 0 Å². The predicted octanol–water partition coefficient (Wildman–Crippen LogP) is 3.71. The lowest BCUT2D eigenvalue weighted by atomic mass is 9.86. The highest BCUT2D eigenvalue weighted by atomic mass is 35.5. The number of rotatable bonds is 4. The van der Waals surface area contributed by atoms with Crippen LogP contribution in [0, 0.1) is 11.8 Å². The molecule has 3 heteroatoms. The van der Waals surface area contributed by atoms with Crippen LogP contribution in [-0.2, 0) is 6.42 Å². The van der Waals surface area contributed by atoms with Crippen molar-refractivity contribution in [1.82, 2.24) is 0 Å². The van der Waals surface area contributed by atoms with Gasteiger partial charge in [-0.25, -0.2) is 0 Å². The van der Waals surface area contributed by atoms with Crippen LogP contribution < -0.4 is 10.6 Å². The van der Waals surface area contributed by atoms with E-state index >= 15 is 0 Å². The Morgan fingerprint density at radius 3 is 2.58 bits per heavy atom. The van der Waals surface area contributed by atoms with Crippen molar-refractivity contribution in [2.24, 2.45) is 17.6 Å². The Labute approximate surface area is 121 Å². The number of piperidine rings is 1. The average molecular weight is 281 g/mol. The third-order valence-corrected chi connectivity index (χ3v) is 4.52. The van der Waals surface area contributed by atoms with E-state index in [1.54, 1.807) is 0 Å². The Hall–Kier alpha value is -0.730. The second-order valence-corrected chi connectivity index (χ2v) is 6.32. The van der Waals surface area contributed by atoms with Crippen molar-refractivity contribution in [1.29, 1.82) is 0 Å². The maximum Gasteiger partial charge on any atom is 0.0426 e. The Morgan fingerprint density at radius 2 is 2.00 bits per heavy atom. The van der Waals surface area contributed by atoms with Crippen LogP contribution in [0.1, 0.15) is 32.3 Å². The second-order valence-electron chi connectivity index (χ2n) is 5.88. The minimum Gasteiger partial charge on any atom is -0.371 e. The van der Waals surface area contributed by atoms with Crippen LogP contribution in [0.5, 0.6) is 0 Å². The standard InChI is InChI=1S/C16H25ClN2/c1-12(2)13-6-9-19(10-7-13)16-11-15(17)4-3-14(16)5-8-18/h3-4,11-13H,5-10,18H2,1-2H3. The number of halogens is 1. The van der Waals surface area contributed by atoms with Gasteiger partial charge in [0.05, 0.1) is 0 Å². The van der Waals surface area contributed by atoms with Crippen LogP contribution in [-0.4, -0.2) is 19.6 Å². The molecule has 0 radical (unpaired) electrons. The van der Waals surface area contributed by atoms with Gasteiger partial charge in [0.25, 0.3) is 0 Å². The highest BCUT2D eigenvalue weighted by Crippen LogP contribution is 2.31. The molecule has 0 unspecified atom stereocenters. The zero-order valence-corrected chi connectivity index (χ0v) is 12.8. The van der Waals surface area contributed by atoms with E-state index in [4.69, 9.17) is 17.3 Å². The first-order valence-corrected chi connectivity index (χ1v) is 7.73. The molecule has 0 saturated carbocycles. The van der Waals surface area contributed by atoms with Gasteiger partial charge in [-0.1, -0.05) is 31.5 Å². The highest BCUT2D eigenvalue weighted by molar-refractivity contribution is 6.30. The van der Waals surface area contributed by atoms with E-state index in [0.717, 1.165) is 36.4 Å². The normalized spacial score (nSPS) is 17.2. The summed E-state index contributed by atoms with van der Waals surface area (Å²) in [7, 11) is 0. The molecule has 0 aromatic heterocycles. The maximum atomic E-state index is 6.16. The number of benzene rings is 1. The molecule has 0 amide bonds. The fraction of sp³-hybridized carbons (Fsp3) is 0.625. The first-order valence-electron chi connectivity index (χ1n) is 7.35. The molecule has 0 bridgehead atoms. The fourth-order valence-electron chi connectivity index (χ4n) is 3.01. The lowest BCUT2D eigenvalue weighted by molar-refractivity contribution is 0.311. The minimum absolute atomic E-state index is 0.692. The lowest BCUT2D eigenvalue weighted by Gasteiger charge is -2.36. The molecule has 0 spiro atoms. The molecule has 106 valence electrons. The molecular weight excluding hydrogens is 256 g/mol. The van der Waals surface area contributed by atoms with Crippen LogP contribution in [0.3, 0.4) is 0 Å². The number of nitrogens with two attached hydrogens (primary N) is 1. The predicted molar refractivity (Wildman–Crippen MR) is 84.0 cm³/mol. The molecule has 1 heterocycles. The molecule has 0 atom stereocenters. The van der Waals surface area contributed by atoms with Crippen LogP contribution in [0.4, 0.5) is 5.69 Å². The van der Waals surface area contributed by atoms with E-state index in [2.05, 4.69) is 30.9 Å². The highest BCUT2D eigenvalue weighted by Gasteiger charge is 2.22. The summed E-state index contributed by atoms with van der Waals surface area (Å²) in [5.41, 5.74) is 8.33. The van der Waals surface area contributed by atoms with Gasteiger partial charge in [-0.15, -0.1) is 0 Å². The summed E-state index contributed by atoms with van der Waals surface area (Å²) < 4.78 is 0. The Morgan fingerprint density at radius 1 is 1.32 bits per heavy atom. The van der Waals surface area contributed by atoms with Crippen molar-refractivity contribution >= 4 is 17.3 Å². The quantitative estimate of drug-likeness (QED) is 0.911. The van der Waals surface area contributed by atoms with Crippen LogP contribution in [0.2, 0.25) is 5.02 Å². The van der Waals surface area contributed by atoms with Gasteiger partial charge < -0.3 is 10.6 Å². The number of hydrogen-bond acceptors (Lipinski definition) is 2. The summed E-state index contributed by atoms with van der Waals surface area (Å²) in [5.74, 6) is 1.67. The molecule has 1 aliphatic rings. The van der Waals surface area contributed by atoms with E-state index < -0.39 is 0 Å². The maximum absolute atomic E-state index is 6.16. The molecule has 2 rings (SSSR count). The summed E-state index contributed by atoms with van der Waals surface area (Å²) in [4.78, 5) is 2.48. The van der Waals surface area contributed by atoms with Gasteiger partial charge in [0.2, 0.25) is 0 Å². The third kappa shape index (κ3) is 3.64. The number of hydrogen-bond donors (Lipinski definition) is 1. The van der Waals surface area contributed by atoms with Gasteiger partial charge in [0.15, 0.2) is 0 Å². The van der Waals surface area contributed by atoms with Gasteiger partial charge in [-0.05, 0) is 55.3 Å². The van der Waals surface area contributed by atoms with Gasteiger partial charge in [-0.2, -0.15) is 0 Å². The zero-order valence-electron chi connectivity index (χ0n) is 12.0. The van der Waals surface area contributed by atoms with E-state index in [1.165, 1.54) is 24.1 Å². The summed E-state index contributed by atoms with van der Waals surface area (Å²) in [6.45, 7) is 7.64. The molecule has 1 aromatic carbocycles. The summed E-state index contributed by atoms with van der Waals surface area (Å²) in [6.07, 6.45) is 3.50. The lowest BCUT2D eigenvalue weighted by Crippen LogP contribution is -2.35. The van der Waals surface area contributed by atoms with Crippen molar-refractivity contribution in [3.8, 4) is 0 Å². The first-order chi connectivity index (χ1) is 9.11. The molecule has 1 saturated heterocycles. The molecule has 1 aromatic rings. The third-order valence-electron chi connectivity index (χ3n) is 4.28. The molecule has 0 aliphatic carbocycles. The molecule has 2 nitrogen and oxygen atoms in total. The van der Waals surface area contributed by atoms with Crippen LogP contribution in [0.25, 0.3) is 0 Å². The van der Waals surface area contributed by atoms with Crippen molar-refractivity contribution in [2.75, 3.05) is 24.5 Å². The Bertz CT molecular complexity index is 409. The van der Waals surface area contributed by atoms with Gasteiger partial charge in [0.1, 0.15) is 0 Å². The molecule has 1 fully saturated rings. The first kappa shape index (κ1) is 14.7. The van der Waals surface area contributed by atoms with Gasteiger partial charge >= 0.3 is 0 Å². The molecule has 2 N–H and O–H groups in total. The molecular formula is C16H25ClN2. The smallest absolute Gasteiger partial charge is 0.0426 e. The number of anilines is 1. The van der Waals surface area contributed by atoms with Crippen LogP contribution in [0.15, 0.2) is 18.2 Å². The van der Waals surface area contributed by atoms with Crippen molar-refractivity contribution < 1.29 is 0 Å². The van der Waals surface area contributed by atoms with Crippen molar-refractivity contribution in [2.45, 2.75) is 33.1 Å². The second kappa shape index (κ2) is 6.62. The summed E-state index contributed by atoms with van der Waals surface area (Å²) >= 11 is 6.16. The van der Waals surface area contributed by atoms with E-state index in [9.17, 15) is 0 Å². The summed E-state index contributed by atoms with van der Waals surface area (Å²) in [6, 6.07) is 6.19. The average Bonchev–Trinajstić information content (AvgIpc) is 2.41. The van der Waals surface area contributed by atoms with E-state index in [1.807, 2.05) is 6.07 Å². The topological polar surface area (TPSA) is 29.3 Å². The van der Waals surface area contributed by atoms with Crippen molar-refractivity contribution in [3.05, 3.63) is 28.8 Å². The molecule has 19 heavy (non-hydrogen) atoms. The van der Waals surface area contributed by atoms with E-state index in [0.29, 0.717) is 6.54 Å². The monoisotopic (exact) mass is 280 g/mol. The minimum atomic E-state index is 0.692. The zero-order chi connectivity index (χ0) is 13.8. The Kier molecular flexibility index (Phi) is 5.12. The SMILES string of the molecule is CC(C)C1CCN(c2cc(Cl)ccc2CCN)CC1.